The Morgan fingerprint density at radius 2 is 1.81 bits per heavy atom. The van der Waals surface area contributed by atoms with Crippen molar-refractivity contribution in [2.24, 2.45) is 0 Å². The number of nitrogens with zero attached hydrogens (tertiary/aromatic N) is 2. The molecule has 6 nitrogen and oxygen atoms in total. The Kier molecular flexibility index (Phi) is 6.32. The Labute approximate surface area is 192 Å². The van der Waals surface area contributed by atoms with Crippen molar-refractivity contribution in [2.75, 3.05) is 0 Å². The fraction of sp³-hybridized carbons (Fsp3) is 0.130. The Morgan fingerprint density at radius 1 is 1.06 bits per heavy atom. The minimum absolute atomic E-state index is 0.0253. The number of benzene rings is 3. The third-order valence-corrected chi connectivity index (χ3v) is 5.44. The number of hydrogen-bond acceptors (Lipinski definition) is 4. The second kappa shape index (κ2) is 9.16. The molecule has 0 atom stereocenters. The van der Waals surface area contributed by atoms with Gasteiger partial charge >= 0.3 is 5.97 Å². The van der Waals surface area contributed by atoms with Crippen molar-refractivity contribution in [2.45, 2.75) is 19.8 Å². The molecule has 0 fully saturated rings. The van der Waals surface area contributed by atoms with Gasteiger partial charge in [-0.3, -0.25) is 4.68 Å². The summed E-state index contributed by atoms with van der Waals surface area (Å²) in [6, 6.07) is 14.2. The molecule has 0 saturated heterocycles. The van der Waals surface area contributed by atoms with Crippen LogP contribution in [-0.4, -0.2) is 26.0 Å². The summed E-state index contributed by atoms with van der Waals surface area (Å²) in [5.74, 6) is -1.12. The van der Waals surface area contributed by atoms with Crippen LogP contribution < -0.4 is 4.74 Å². The Morgan fingerprint density at radius 3 is 2.53 bits per heavy atom. The van der Waals surface area contributed by atoms with Gasteiger partial charge in [-0.15, -0.1) is 0 Å². The monoisotopic (exact) mass is 474 g/mol. The van der Waals surface area contributed by atoms with Crippen LogP contribution in [-0.2, 0) is 19.8 Å². The third kappa shape index (κ3) is 4.41. The first-order chi connectivity index (χ1) is 15.4. The SMILES string of the molecule is O=C(O)c1cccc2c1c(CO)nn2Cc1cc(Cl)ccc1OCc1ccc(Cl)cc1F. The topological polar surface area (TPSA) is 84.6 Å². The number of aromatic carboxylic acids is 1. The molecule has 0 radical (unpaired) electrons. The zero-order chi connectivity index (χ0) is 22.8. The van der Waals surface area contributed by atoms with Gasteiger partial charge in [-0.05, 0) is 42.5 Å². The maximum atomic E-state index is 14.1. The first-order valence-electron chi connectivity index (χ1n) is 9.55. The number of carboxylic acids is 1. The Bertz CT molecular complexity index is 1320. The zero-order valence-electron chi connectivity index (χ0n) is 16.6. The summed E-state index contributed by atoms with van der Waals surface area (Å²) in [4.78, 5) is 11.6. The second-order valence-electron chi connectivity index (χ2n) is 7.04. The summed E-state index contributed by atoms with van der Waals surface area (Å²) in [5.41, 5.74) is 1.85. The average Bonchev–Trinajstić information content (AvgIpc) is 3.12. The summed E-state index contributed by atoms with van der Waals surface area (Å²) in [5, 5.41) is 24.7. The maximum Gasteiger partial charge on any atom is 0.336 e. The van der Waals surface area contributed by atoms with Crippen molar-refractivity contribution >= 4 is 40.1 Å². The first-order valence-corrected chi connectivity index (χ1v) is 10.3. The lowest BCUT2D eigenvalue weighted by atomic mass is 10.1. The average molecular weight is 475 g/mol. The molecule has 0 amide bonds. The summed E-state index contributed by atoms with van der Waals surface area (Å²) in [6.45, 7) is -0.246. The first kappa shape index (κ1) is 22.1. The van der Waals surface area contributed by atoms with E-state index in [9.17, 15) is 19.4 Å². The molecule has 4 aromatic rings. The molecule has 0 saturated carbocycles. The van der Waals surface area contributed by atoms with E-state index in [1.807, 2.05) is 0 Å². The molecule has 1 aromatic heterocycles. The van der Waals surface area contributed by atoms with Gasteiger partial charge in [-0.1, -0.05) is 35.3 Å². The van der Waals surface area contributed by atoms with Gasteiger partial charge in [0.1, 0.15) is 18.2 Å². The predicted octanol–water partition coefficient (Wildman–Crippen LogP) is 5.30. The lowest BCUT2D eigenvalue weighted by molar-refractivity contribution is 0.0699. The molecule has 0 aliphatic carbocycles. The van der Waals surface area contributed by atoms with Crippen LogP contribution in [0, 0.1) is 5.82 Å². The lowest BCUT2D eigenvalue weighted by Gasteiger charge is -2.13. The second-order valence-corrected chi connectivity index (χ2v) is 7.92. The van der Waals surface area contributed by atoms with Crippen LogP contribution in [0.4, 0.5) is 4.39 Å². The quantitative estimate of drug-likeness (QED) is 0.379. The molecule has 0 unspecified atom stereocenters. The summed E-state index contributed by atoms with van der Waals surface area (Å²) < 4.78 is 21.5. The number of carbonyl (C=O) groups is 1. The van der Waals surface area contributed by atoms with Crippen molar-refractivity contribution in [3.63, 3.8) is 0 Å². The number of rotatable bonds is 7. The Balaban J connectivity index is 1.69. The normalized spacial score (nSPS) is 11.1. The van der Waals surface area contributed by atoms with Crippen molar-refractivity contribution in [1.29, 1.82) is 0 Å². The van der Waals surface area contributed by atoms with Crippen molar-refractivity contribution in [1.82, 2.24) is 9.78 Å². The standard InChI is InChI=1S/C23H17Cl2FN2O4/c24-15-6-7-21(32-12-13-4-5-16(25)9-18(13)26)14(8-15)10-28-20-3-1-2-17(23(30)31)22(20)19(11-29)27-28/h1-9,29H,10-12H2,(H,30,31). The van der Waals surface area contributed by atoms with E-state index in [4.69, 9.17) is 27.9 Å². The predicted molar refractivity (Wildman–Crippen MR) is 119 cm³/mol. The van der Waals surface area contributed by atoms with Gasteiger partial charge < -0.3 is 14.9 Å². The largest absolute Gasteiger partial charge is 0.488 e. The molecule has 3 aromatic carbocycles. The van der Waals surface area contributed by atoms with Crippen molar-refractivity contribution < 1.29 is 24.1 Å². The number of aliphatic hydroxyl groups excluding tert-OH is 1. The van der Waals surface area contributed by atoms with Gasteiger partial charge in [0.05, 0.1) is 29.9 Å². The van der Waals surface area contributed by atoms with Gasteiger partial charge in [-0.25, -0.2) is 9.18 Å². The minimum Gasteiger partial charge on any atom is -0.488 e. The number of halogens is 3. The van der Waals surface area contributed by atoms with E-state index in [2.05, 4.69) is 5.10 Å². The molecule has 164 valence electrons. The number of hydrogen-bond donors (Lipinski definition) is 2. The summed E-state index contributed by atoms with van der Waals surface area (Å²) >= 11 is 12.0. The van der Waals surface area contributed by atoms with Gasteiger partial charge in [0.15, 0.2) is 0 Å². The van der Waals surface area contributed by atoms with Gasteiger partial charge in [0.2, 0.25) is 0 Å². The fourth-order valence-corrected chi connectivity index (χ4v) is 3.84. The van der Waals surface area contributed by atoms with Gasteiger partial charge in [0.25, 0.3) is 0 Å². The number of carboxylic acid groups (broad SMARTS) is 1. The smallest absolute Gasteiger partial charge is 0.336 e. The highest BCUT2D eigenvalue weighted by Gasteiger charge is 2.18. The van der Waals surface area contributed by atoms with Gasteiger partial charge in [0, 0.05) is 26.6 Å². The molecular formula is C23H17Cl2FN2O4. The highest BCUT2D eigenvalue weighted by atomic mass is 35.5. The van der Waals surface area contributed by atoms with E-state index in [1.165, 1.54) is 12.1 Å². The van der Waals surface area contributed by atoms with E-state index >= 15 is 0 Å². The molecular weight excluding hydrogens is 458 g/mol. The van der Waals surface area contributed by atoms with E-state index < -0.39 is 18.4 Å². The number of aromatic nitrogens is 2. The number of fused-ring (bicyclic) bond motifs is 1. The van der Waals surface area contributed by atoms with Crippen LogP contribution in [0.15, 0.2) is 54.6 Å². The molecule has 2 N–H and O–H groups in total. The maximum absolute atomic E-state index is 14.1. The summed E-state index contributed by atoms with van der Waals surface area (Å²) in [6.07, 6.45) is 0. The van der Waals surface area contributed by atoms with E-state index in [0.29, 0.717) is 37.8 Å². The lowest BCUT2D eigenvalue weighted by Crippen LogP contribution is -2.06. The molecule has 0 spiro atoms. The van der Waals surface area contributed by atoms with Crippen molar-refractivity contribution in [3.8, 4) is 5.75 Å². The third-order valence-electron chi connectivity index (χ3n) is 4.97. The van der Waals surface area contributed by atoms with Crippen LogP contribution in [0.5, 0.6) is 5.75 Å². The molecule has 4 rings (SSSR count). The molecule has 32 heavy (non-hydrogen) atoms. The molecule has 0 bridgehead atoms. The van der Waals surface area contributed by atoms with Crippen LogP contribution in [0.25, 0.3) is 10.9 Å². The van der Waals surface area contributed by atoms with Crippen LogP contribution in [0.3, 0.4) is 0 Å². The van der Waals surface area contributed by atoms with E-state index in [-0.39, 0.29) is 24.4 Å². The zero-order valence-corrected chi connectivity index (χ0v) is 18.1. The van der Waals surface area contributed by atoms with Crippen LogP contribution >= 0.6 is 23.2 Å². The van der Waals surface area contributed by atoms with Crippen molar-refractivity contribution in [3.05, 3.63) is 92.8 Å². The molecule has 0 aliphatic rings. The van der Waals surface area contributed by atoms with Crippen LogP contribution in [0.1, 0.15) is 27.2 Å². The highest BCUT2D eigenvalue weighted by Crippen LogP contribution is 2.29. The van der Waals surface area contributed by atoms with Crippen LogP contribution in [0.2, 0.25) is 10.0 Å². The fourth-order valence-electron chi connectivity index (χ4n) is 3.49. The highest BCUT2D eigenvalue weighted by molar-refractivity contribution is 6.30. The number of aliphatic hydroxyl groups is 1. The van der Waals surface area contributed by atoms with E-state index in [1.54, 1.807) is 47.1 Å². The van der Waals surface area contributed by atoms with Gasteiger partial charge in [-0.2, -0.15) is 5.10 Å². The van der Waals surface area contributed by atoms with E-state index in [0.717, 1.165) is 0 Å². The molecule has 0 aliphatic heterocycles. The molecule has 1 heterocycles. The number of ether oxygens (including phenoxy) is 1. The molecule has 9 heteroatoms. The Hall–Kier alpha value is -3.13. The summed E-state index contributed by atoms with van der Waals surface area (Å²) in [7, 11) is 0. The minimum atomic E-state index is -1.11.